The summed E-state index contributed by atoms with van der Waals surface area (Å²) in [7, 11) is 2.67. The van der Waals surface area contributed by atoms with Crippen molar-refractivity contribution in [3.05, 3.63) is 70.8 Å². The van der Waals surface area contributed by atoms with E-state index in [4.69, 9.17) is 0 Å². The zero-order valence-electron chi connectivity index (χ0n) is 13.8. The maximum absolute atomic E-state index is 11.3. The van der Waals surface area contributed by atoms with Crippen LogP contribution in [0, 0.1) is 0 Å². The topological polar surface area (TPSA) is 109 Å². The van der Waals surface area contributed by atoms with Crippen molar-refractivity contribution in [1.82, 2.24) is 0 Å². The standard InChI is InChI=1S/C18H16N2O4.H2O/c1-23-17(21)15-7-3-13(4-8-15)11-19-20-12-14-5-9-16(10-6-14)18(22)24-2;/h3-12H,1-2H3;1H2/b19-11+,20-12+;. The van der Waals surface area contributed by atoms with Crippen molar-refractivity contribution >= 4 is 24.4 Å². The Bertz CT molecular complexity index is 698. The molecule has 0 saturated heterocycles. The summed E-state index contributed by atoms with van der Waals surface area (Å²) in [6, 6.07) is 13.6. The van der Waals surface area contributed by atoms with Crippen LogP contribution in [0.2, 0.25) is 0 Å². The van der Waals surface area contributed by atoms with Gasteiger partial charge in [0.1, 0.15) is 0 Å². The van der Waals surface area contributed by atoms with Gasteiger partial charge in [0.2, 0.25) is 0 Å². The molecule has 0 heterocycles. The summed E-state index contributed by atoms with van der Waals surface area (Å²) in [5, 5.41) is 7.88. The van der Waals surface area contributed by atoms with Gasteiger partial charge in [0, 0.05) is 0 Å². The smallest absolute Gasteiger partial charge is 0.337 e. The monoisotopic (exact) mass is 342 g/mol. The van der Waals surface area contributed by atoms with Gasteiger partial charge in [-0.15, -0.1) is 0 Å². The Morgan fingerprint density at radius 1 is 0.720 bits per heavy atom. The largest absolute Gasteiger partial charge is 0.465 e. The van der Waals surface area contributed by atoms with Crippen molar-refractivity contribution in [1.29, 1.82) is 0 Å². The highest BCUT2D eigenvalue weighted by Crippen LogP contribution is 2.05. The van der Waals surface area contributed by atoms with E-state index in [-0.39, 0.29) is 17.4 Å². The van der Waals surface area contributed by atoms with E-state index in [1.165, 1.54) is 14.2 Å². The summed E-state index contributed by atoms with van der Waals surface area (Å²) in [6.07, 6.45) is 3.14. The van der Waals surface area contributed by atoms with Gasteiger partial charge in [-0.3, -0.25) is 0 Å². The molecule has 0 bridgehead atoms. The molecule has 7 heteroatoms. The lowest BCUT2D eigenvalue weighted by molar-refractivity contribution is 0.0592. The van der Waals surface area contributed by atoms with Crippen LogP contribution in [0.1, 0.15) is 31.8 Å². The van der Waals surface area contributed by atoms with Crippen LogP contribution in [0.15, 0.2) is 58.7 Å². The Balaban J connectivity index is 0.00000312. The molecule has 0 radical (unpaired) electrons. The van der Waals surface area contributed by atoms with Gasteiger partial charge in [-0.1, -0.05) is 24.3 Å². The van der Waals surface area contributed by atoms with Gasteiger partial charge >= 0.3 is 11.9 Å². The minimum atomic E-state index is -0.382. The number of carbonyl (C=O) groups is 2. The summed E-state index contributed by atoms with van der Waals surface area (Å²) in [5.41, 5.74) is 2.56. The molecule has 0 amide bonds. The predicted octanol–water partition coefficient (Wildman–Crippen LogP) is 1.89. The lowest BCUT2D eigenvalue weighted by atomic mass is 10.1. The fourth-order valence-corrected chi connectivity index (χ4v) is 1.85. The fourth-order valence-electron chi connectivity index (χ4n) is 1.85. The minimum absolute atomic E-state index is 0. The number of benzene rings is 2. The molecule has 2 rings (SSSR count). The third kappa shape index (κ3) is 5.67. The highest BCUT2D eigenvalue weighted by molar-refractivity contribution is 5.91. The maximum Gasteiger partial charge on any atom is 0.337 e. The summed E-state index contributed by atoms with van der Waals surface area (Å²) >= 11 is 0. The fraction of sp³-hybridized carbons (Fsp3) is 0.111. The van der Waals surface area contributed by atoms with E-state index in [9.17, 15) is 9.59 Å². The molecule has 0 fully saturated rings. The molecule has 0 spiro atoms. The Hall–Kier alpha value is -3.32. The molecule has 0 aliphatic rings. The number of esters is 2. The Labute approximate surface area is 144 Å². The van der Waals surface area contributed by atoms with Crippen LogP contribution >= 0.6 is 0 Å². The van der Waals surface area contributed by atoms with Gasteiger partial charge in [-0.25, -0.2) is 9.59 Å². The summed E-state index contributed by atoms with van der Waals surface area (Å²) < 4.78 is 9.26. The quantitative estimate of drug-likeness (QED) is 0.469. The first-order valence-corrected chi connectivity index (χ1v) is 7.07. The van der Waals surface area contributed by atoms with Crippen LogP contribution < -0.4 is 0 Å². The van der Waals surface area contributed by atoms with Crippen molar-refractivity contribution in [2.75, 3.05) is 14.2 Å². The number of rotatable bonds is 5. The van der Waals surface area contributed by atoms with Crippen molar-refractivity contribution in [3.63, 3.8) is 0 Å². The van der Waals surface area contributed by atoms with Crippen molar-refractivity contribution in [2.45, 2.75) is 0 Å². The second-order valence-corrected chi connectivity index (χ2v) is 4.72. The average Bonchev–Trinajstić information content (AvgIpc) is 2.65. The second-order valence-electron chi connectivity index (χ2n) is 4.72. The normalized spacial score (nSPS) is 10.5. The SMILES string of the molecule is COC(=O)c1ccc(/C=N/N=C/c2ccc(C(=O)OC)cc2)cc1.O. The van der Waals surface area contributed by atoms with E-state index in [0.29, 0.717) is 11.1 Å². The Morgan fingerprint density at radius 3 is 1.32 bits per heavy atom. The highest BCUT2D eigenvalue weighted by Gasteiger charge is 2.04. The number of hydrogen-bond acceptors (Lipinski definition) is 6. The zero-order valence-corrected chi connectivity index (χ0v) is 13.8. The number of hydrogen-bond donors (Lipinski definition) is 0. The van der Waals surface area contributed by atoms with E-state index in [2.05, 4.69) is 19.7 Å². The van der Waals surface area contributed by atoms with Crippen LogP contribution in [0.3, 0.4) is 0 Å². The predicted molar refractivity (Wildman–Crippen MR) is 94.4 cm³/mol. The van der Waals surface area contributed by atoms with E-state index >= 15 is 0 Å². The van der Waals surface area contributed by atoms with Gasteiger partial charge < -0.3 is 14.9 Å². The molecule has 2 aromatic rings. The van der Waals surface area contributed by atoms with E-state index in [0.717, 1.165) is 11.1 Å². The van der Waals surface area contributed by atoms with Gasteiger partial charge in [0.05, 0.1) is 37.8 Å². The molecule has 130 valence electrons. The first kappa shape index (κ1) is 19.7. The third-order valence-electron chi connectivity index (χ3n) is 3.14. The van der Waals surface area contributed by atoms with Gasteiger partial charge in [0.25, 0.3) is 0 Å². The molecule has 2 N–H and O–H groups in total. The van der Waals surface area contributed by atoms with Crippen LogP contribution in [0.25, 0.3) is 0 Å². The third-order valence-corrected chi connectivity index (χ3v) is 3.14. The molecular weight excluding hydrogens is 324 g/mol. The first-order valence-electron chi connectivity index (χ1n) is 7.07. The maximum atomic E-state index is 11.3. The van der Waals surface area contributed by atoms with E-state index in [1.807, 2.05) is 0 Å². The molecule has 0 aromatic heterocycles. The average molecular weight is 342 g/mol. The molecule has 25 heavy (non-hydrogen) atoms. The number of methoxy groups -OCH3 is 2. The molecule has 0 atom stereocenters. The molecule has 2 aromatic carbocycles. The summed E-state index contributed by atoms with van der Waals surface area (Å²) in [5.74, 6) is -0.765. The lowest BCUT2D eigenvalue weighted by Crippen LogP contribution is -2.00. The van der Waals surface area contributed by atoms with E-state index in [1.54, 1.807) is 61.0 Å². The van der Waals surface area contributed by atoms with Gasteiger partial charge in [-0.2, -0.15) is 10.2 Å². The van der Waals surface area contributed by atoms with Gasteiger partial charge in [-0.05, 0) is 35.4 Å². The van der Waals surface area contributed by atoms with Crippen LogP contribution in [-0.4, -0.2) is 44.1 Å². The van der Waals surface area contributed by atoms with Gasteiger partial charge in [0.15, 0.2) is 0 Å². The highest BCUT2D eigenvalue weighted by atomic mass is 16.5. The second kappa shape index (κ2) is 9.74. The molecule has 0 saturated carbocycles. The molecule has 0 aliphatic carbocycles. The number of carbonyl (C=O) groups excluding carboxylic acids is 2. The van der Waals surface area contributed by atoms with Crippen LogP contribution in [0.4, 0.5) is 0 Å². The lowest BCUT2D eigenvalue weighted by Gasteiger charge is -1.99. The minimum Gasteiger partial charge on any atom is -0.465 e. The Morgan fingerprint density at radius 2 is 1.04 bits per heavy atom. The molecule has 0 aliphatic heterocycles. The van der Waals surface area contributed by atoms with Crippen molar-refractivity contribution in [3.8, 4) is 0 Å². The summed E-state index contributed by atoms with van der Waals surface area (Å²) in [4.78, 5) is 22.6. The number of ether oxygens (including phenoxy) is 2. The van der Waals surface area contributed by atoms with Crippen molar-refractivity contribution < 1.29 is 24.5 Å². The molecule has 7 nitrogen and oxygen atoms in total. The first-order chi connectivity index (χ1) is 11.6. The molecular formula is C18H18N2O5. The van der Waals surface area contributed by atoms with Crippen LogP contribution in [-0.2, 0) is 9.47 Å². The summed E-state index contributed by atoms with van der Waals surface area (Å²) in [6.45, 7) is 0. The van der Waals surface area contributed by atoms with E-state index < -0.39 is 0 Å². The Kier molecular flexibility index (Phi) is 7.68. The van der Waals surface area contributed by atoms with Crippen LogP contribution in [0.5, 0.6) is 0 Å². The van der Waals surface area contributed by atoms with Crippen molar-refractivity contribution in [2.24, 2.45) is 10.2 Å². The molecule has 0 unspecified atom stereocenters. The number of nitrogens with zero attached hydrogens (tertiary/aromatic N) is 2. The zero-order chi connectivity index (χ0) is 17.4.